The van der Waals surface area contributed by atoms with Gasteiger partial charge < -0.3 is 4.74 Å². The Bertz CT molecular complexity index is 305. The lowest BCUT2D eigenvalue weighted by Crippen LogP contribution is -2.03. The van der Waals surface area contributed by atoms with Crippen molar-refractivity contribution in [1.82, 2.24) is 0 Å². The van der Waals surface area contributed by atoms with Gasteiger partial charge in [-0.15, -0.1) is 0 Å². The minimum atomic E-state index is -0.0821. The predicted molar refractivity (Wildman–Crippen MR) is 49.1 cm³/mol. The van der Waals surface area contributed by atoms with Gasteiger partial charge in [0.25, 0.3) is 0 Å². The van der Waals surface area contributed by atoms with Crippen LogP contribution in [0.25, 0.3) is 0 Å². The zero-order valence-corrected chi connectivity index (χ0v) is 7.57. The maximum absolute atomic E-state index is 11.0. The topological polar surface area (TPSA) is 26.3 Å². The summed E-state index contributed by atoms with van der Waals surface area (Å²) in [5.41, 5.74) is 1.10. The van der Waals surface area contributed by atoms with E-state index in [1.165, 1.54) is 0 Å². The Balaban J connectivity index is 2.23. The van der Waals surface area contributed by atoms with Crippen molar-refractivity contribution < 1.29 is 9.53 Å². The quantitative estimate of drug-likeness (QED) is 0.614. The monoisotopic (exact) mass is 176 g/mol. The lowest BCUT2D eigenvalue weighted by atomic mass is 9.97. The first-order chi connectivity index (χ1) is 6.27. The molecule has 0 radical (unpaired) electrons. The van der Waals surface area contributed by atoms with Crippen molar-refractivity contribution in [3.8, 4) is 0 Å². The zero-order chi connectivity index (χ0) is 9.26. The van der Waals surface area contributed by atoms with Gasteiger partial charge in [0.15, 0.2) is 0 Å². The van der Waals surface area contributed by atoms with Gasteiger partial charge in [-0.25, -0.2) is 0 Å². The maximum Gasteiger partial charge on any atom is 0.306 e. The number of ether oxygens (including phenoxy) is 1. The third-order valence-electron chi connectivity index (χ3n) is 2.39. The summed E-state index contributed by atoms with van der Waals surface area (Å²) in [5, 5.41) is 0. The molecule has 13 heavy (non-hydrogen) atoms. The predicted octanol–water partition coefficient (Wildman–Crippen LogP) is 2.31. The van der Waals surface area contributed by atoms with E-state index in [0.29, 0.717) is 12.3 Å². The van der Waals surface area contributed by atoms with E-state index in [2.05, 4.69) is 0 Å². The van der Waals surface area contributed by atoms with Crippen LogP contribution in [0.15, 0.2) is 30.3 Å². The number of hydrogen-bond acceptors (Lipinski definition) is 2. The second-order valence-electron chi connectivity index (χ2n) is 3.50. The van der Waals surface area contributed by atoms with Crippen LogP contribution >= 0.6 is 0 Å². The summed E-state index contributed by atoms with van der Waals surface area (Å²) in [6.45, 7) is 2.04. The Morgan fingerprint density at radius 3 is 2.54 bits per heavy atom. The van der Waals surface area contributed by atoms with Crippen molar-refractivity contribution >= 4 is 5.97 Å². The van der Waals surface area contributed by atoms with E-state index in [1.807, 2.05) is 37.3 Å². The van der Waals surface area contributed by atoms with E-state index in [-0.39, 0.29) is 12.1 Å². The molecule has 1 fully saturated rings. The fourth-order valence-electron chi connectivity index (χ4n) is 1.72. The number of carbonyl (C=O) groups is 1. The van der Waals surface area contributed by atoms with Crippen LogP contribution < -0.4 is 0 Å². The van der Waals surface area contributed by atoms with Crippen LogP contribution in [0.4, 0.5) is 0 Å². The molecule has 1 saturated heterocycles. The van der Waals surface area contributed by atoms with Crippen molar-refractivity contribution in [2.45, 2.75) is 19.4 Å². The van der Waals surface area contributed by atoms with E-state index < -0.39 is 0 Å². The average Bonchev–Trinajstić information content (AvgIpc) is 2.47. The van der Waals surface area contributed by atoms with Gasteiger partial charge in [0, 0.05) is 5.92 Å². The smallest absolute Gasteiger partial charge is 0.306 e. The van der Waals surface area contributed by atoms with E-state index >= 15 is 0 Å². The zero-order valence-electron chi connectivity index (χ0n) is 7.57. The fourth-order valence-corrected chi connectivity index (χ4v) is 1.72. The van der Waals surface area contributed by atoms with Gasteiger partial charge in [0.05, 0.1) is 6.42 Å². The largest absolute Gasteiger partial charge is 0.457 e. The highest BCUT2D eigenvalue weighted by molar-refractivity contribution is 5.72. The standard InChI is InChI=1S/C11H12O2/c1-8-7-10(12)13-11(8)9-5-3-2-4-6-9/h2-6,8,11H,7H2,1H3/t8-,11+/m1/s1. The molecule has 0 aliphatic carbocycles. The summed E-state index contributed by atoms with van der Waals surface area (Å²) >= 11 is 0. The molecule has 0 spiro atoms. The number of hydrogen-bond donors (Lipinski definition) is 0. The molecule has 0 saturated carbocycles. The first kappa shape index (κ1) is 8.30. The Hall–Kier alpha value is -1.31. The van der Waals surface area contributed by atoms with Gasteiger partial charge in [-0.05, 0) is 5.56 Å². The minimum absolute atomic E-state index is 0.0336. The first-order valence-electron chi connectivity index (χ1n) is 4.52. The second kappa shape index (κ2) is 3.21. The van der Waals surface area contributed by atoms with Gasteiger partial charge in [-0.2, -0.15) is 0 Å². The van der Waals surface area contributed by atoms with Gasteiger partial charge in [0.2, 0.25) is 0 Å². The third kappa shape index (κ3) is 1.57. The number of carbonyl (C=O) groups excluding carboxylic acids is 1. The van der Waals surface area contributed by atoms with Crippen LogP contribution in [0, 0.1) is 5.92 Å². The average molecular weight is 176 g/mol. The van der Waals surface area contributed by atoms with Crippen molar-refractivity contribution in [2.24, 2.45) is 5.92 Å². The lowest BCUT2D eigenvalue weighted by Gasteiger charge is -2.13. The Labute approximate surface area is 77.5 Å². The van der Waals surface area contributed by atoms with E-state index in [1.54, 1.807) is 0 Å². The first-order valence-corrected chi connectivity index (χ1v) is 4.52. The highest BCUT2D eigenvalue weighted by atomic mass is 16.5. The second-order valence-corrected chi connectivity index (χ2v) is 3.50. The van der Waals surface area contributed by atoms with E-state index in [9.17, 15) is 4.79 Å². The summed E-state index contributed by atoms with van der Waals surface area (Å²) in [4.78, 5) is 11.0. The fraction of sp³-hybridized carbons (Fsp3) is 0.364. The molecule has 2 nitrogen and oxygen atoms in total. The number of cyclic esters (lactones) is 1. The molecule has 1 heterocycles. The Kier molecular flexibility index (Phi) is 2.05. The molecule has 2 heteroatoms. The van der Waals surface area contributed by atoms with Gasteiger partial charge in [0.1, 0.15) is 6.10 Å². The van der Waals surface area contributed by atoms with Crippen LogP contribution in [0.5, 0.6) is 0 Å². The van der Waals surface area contributed by atoms with Crippen LogP contribution in [-0.4, -0.2) is 5.97 Å². The molecular formula is C11H12O2. The Morgan fingerprint density at radius 1 is 1.31 bits per heavy atom. The normalized spacial score (nSPS) is 27.3. The lowest BCUT2D eigenvalue weighted by molar-refractivity contribution is -0.141. The van der Waals surface area contributed by atoms with Crippen molar-refractivity contribution in [1.29, 1.82) is 0 Å². The van der Waals surface area contributed by atoms with Gasteiger partial charge >= 0.3 is 5.97 Å². The molecule has 0 bridgehead atoms. The van der Waals surface area contributed by atoms with E-state index in [0.717, 1.165) is 5.56 Å². The van der Waals surface area contributed by atoms with E-state index in [4.69, 9.17) is 4.74 Å². The molecule has 1 aliphatic rings. The molecule has 2 rings (SSSR count). The molecule has 1 aliphatic heterocycles. The minimum Gasteiger partial charge on any atom is -0.457 e. The van der Waals surface area contributed by atoms with Crippen LogP contribution in [0.1, 0.15) is 25.0 Å². The molecule has 0 amide bonds. The molecule has 0 unspecified atom stereocenters. The highest BCUT2D eigenvalue weighted by Crippen LogP contribution is 2.34. The van der Waals surface area contributed by atoms with Crippen molar-refractivity contribution in [2.75, 3.05) is 0 Å². The van der Waals surface area contributed by atoms with Crippen LogP contribution in [0.2, 0.25) is 0 Å². The van der Waals surface area contributed by atoms with Crippen molar-refractivity contribution in [3.63, 3.8) is 0 Å². The maximum atomic E-state index is 11.0. The van der Waals surface area contributed by atoms with Crippen molar-refractivity contribution in [3.05, 3.63) is 35.9 Å². The third-order valence-corrected chi connectivity index (χ3v) is 2.39. The molecule has 0 aromatic heterocycles. The van der Waals surface area contributed by atoms with Gasteiger partial charge in [-0.1, -0.05) is 37.3 Å². The molecule has 2 atom stereocenters. The number of benzene rings is 1. The molecule has 0 N–H and O–H groups in total. The van der Waals surface area contributed by atoms with Crippen LogP contribution in [0.3, 0.4) is 0 Å². The SMILES string of the molecule is C[C@@H]1CC(=O)O[C@@H]1c1ccccc1. The summed E-state index contributed by atoms with van der Waals surface area (Å²) in [7, 11) is 0. The van der Waals surface area contributed by atoms with Gasteiger partial charge in [-0.3, -0.25) is 4.79 Å². The molecular weight excluding hydrogens is 164 g/mol. The summed E-state index contributed by atoms with van der Waals surface area (Å²) in [6, 6.07) is 9.90. The molecule has 1 aromatic rings. The summed E-state index contributed by atoms with van der Waals surface area (Å²) in [6.07, 6.45) is 0.508. The Morgan fingerprint density at radius 2 is 2.00 bits per heavy atom. The number of esters is 1. The summed E-state index contributed by atoms with van der Waals surface area (Å²) in [5.74, 6) is 0.219. The number of rotatable bonds is 1. The molecule has 68 valence electrons. The highest BCUT2D eigenvalue weighted by Gasteiger charge is 2.32. The summed E-state index contributed by atoms with van der Waals surface area (Å²) < 4.78 is 5.22. The molecule has 1 aromatic carbocycles. The van der Waals surface area contributed by atoms with Crippen LogP contribution in [-0.2, 0) is 9.53 Å².